The SMILES string of the molecule is CC1OC(=O)NN=C1c1cnc(CN(C)C)c(C(F)(F)F)c1. The van der Waals surface area contributed by atoms with E-state index in [0.717, 1.165) is 6.07 Å². The molecule has 1 amide bonds. The van der Waals surface area contributed by atoms with E-state index in [4.69, 9.17) is 4.74 Å². The van der Waals surface area contributed by atoms with Crippen LogP contribution < -0.4 is 5.43 Å². The van der Waals surface area contributed by atoms with E-state index in [1.807, 2.05) is 0 Å². The summed E-state index contributed by atoms with van der Waals surface area (Å²) in [6.45, 7) is 1.59. The number of carbonyl (C=O) groups is 1. The van der Waals surface area contributed by atoms with Crippen molar-refractivity contribution in [2.24, 2.45) is 5.10 Å². The van der Waals surface area contributed by atoms with Crippen LogP contribution in [0, 0.1) is 0 Å². The highest BCUT2D eigenvalue weighted by molar-refractivity contribution is 6.05. The molecular formula is C13H15F3N4O2. The number of rotatable bonds is 3. The minimum Gasteiger partial charge on any atom is -0.439 e. The smallest absolute Gasteiger partial charge is 0.428 e. The fraction of sp³-hybridized carbons (Fsp3) is 0.462. The summed E-state index contributed by atoms with van der Waals surface area (Å²) < 4.78 is 44.5. The van der Waals surface area contributed by atoms with Gasteiger partial charge >= 0.3 is 12.3 Å². The molecule has 1 N–H and O–H groups in total. The maximum atomic E-state index is 13.2. The van der Waals surface area contributed by atoms with Crippen LogP contribution in [0.4, 0.5) is 18.0 Å². The third kappa shape index (κ3) is 3.53. The van der Waals surface area contributed by atoms with Gasteiger partial charge < -0.3 is 9.64 Å². The minimum absolute atomic E-state index is 0.0599. The predicted molar refractivity (Wildman–Crippen MR) is 72.2 cm³/mol. The predicted octanol–water partition coefficient (Wildman–Crippen LogP) is 1.99. The van der Waals surface area contributed by atoms with Crippen molar-refractivity contribution in [3.05, 3.63) is 29.1 Å². The molecule has 6 nitrogen and oxygen atoms in total. The molecule has 0 fully saturated rings. The number of hydrogen-bond donors (Lipinski definition) is 1. The summed E-state index contributed by atoms with van der Waals surface area (Å²) >= 11 is 0. The minimum atomic E-state index is -4.53. The molecule has 1 aliphatic heterocycles. The van der Waals surface area contributed by atoms with Crippen LogP contribution in [-0.2, 0) is 17.5 Å². The van der Waals surface area contributed by atoms with E-state index in [2.05, 4.69) is 15.5 Å². The van der Waals surface area contributed by atoms with Crippen molar-refractivity contribution in [1.29, 1.82) is 0 Å². The number of hydrogen-bond acceptors (Lipinski definition) is 5. The highest BCUT2D eigenvalue weighted by atomic mass is 19.4. The van der Waals surface area contributed by atoms with Crippen LogP contribution in [0.25, 0.3) is 0 Å². The van der Waals surface area contributed by atoms with Crippen molar-refractivity contribution in [2.45, 2.75) is 25.7 Å². The van der Waals surface area contributed by atoms with Crippen LogP contribution in [0.2, 0.25) is 0 Å². The third-order valence-electron chi connectivity index (χ3n) is 2.97. The average molecular weight is 316 g/mol. The number of ether oxygens (including phenoxy) is 1. The monoisotopic (exact) mass is 316 g/mol. The molecule has 1 aromatic rings. The molecule has 0 aliphatic carbocycles. The van der Waals surface area contributed by atoms with Crippen LogP contribution in [-0.4, -0.2) is 41.9 Å². The highest BCUT2D eigenvalue weighted by Gasteiger charge is 2.35. The molecule has 1 aliphatic rings. The van der Waals surface area contributed by atoms with Gasteiger partial charge in [0, 0.05) is 18.3 Å². The van der Waals surface area contributed by atoms with E-state index < -0.39 is 23.9 Å². The first-order valence-electron chi connectivity index (χ1n) is 6.44. The summed E-state index contributed by atoms with van der Waals surface area (Å²) in [6, 6.07) is 0.974. The van der Waals surface area contributed by atoms with E-state index >= 15 is 0 Å². The van der Waals surface area contributed by atoms with Gasteiger partial charge in [-0.15, -0.1) is 0 Å². The first-order valence-corrected chi connectivity index (χ1v) is 6.44. The summed E-state index contributed by atoms with van der Waals surface area (Å²) in [4.78, 5) is 16.5. The fourth-order valence-electron chi connectivity index (χ4n) is 2.04. The van der Waals surface area contributed by atoms with Crippen LogP contribution >= 0.6 is 0 Å². The van der Waals surface area contributed by atoms with Gasteiger partial charge in [0.15, 0.2) is 0 Å². The number of amides is 1. The second-order valence-electron chi connectivity index (χ2n) is 5.11. The lowest BCUT2D eigenvalue weighted by molar-refractivity contribution is -0.138. The number of hydrazone groups is 1. The van der Waals surface area contributed by atoms with Crippen LogP contribution in [0.15, 0.2) is 17.4 Å². The number of carbonyl (C=O) groups excluding carboxylic acids is 1. The van der Waals surface area contributed by atoms with Crippen molar-refractivity contribution in [2.75, 3.05) is 14.1 Å². The molecule has 1 atom stereocenters. The van der Waals surface area contributed by atoms with Gasteiger partial charge in [-0.25, -0.2) is 10.2 Å². The fourth-order valence-corrected chi connectivity index (χ4v) is 2.04. The Bertz CT molecular complexity index is 614. The van der Waals surface area contributed by atoms with Crippen LogP contribution in [0.5, 0.6) is 0 Å². The summed E-state index contributed by atoms with van der Waals surface area (Å²) in [7, 11) is 3.32. The van der Waals surface area contributed by atoms with Crippen molar-refractivity contribution >= 4 is 11.8 Å². The Hall–Kier alpha value is -2.16. The standard InChI is InChI=1S/C13H15F3N4O2/c1-7-11(18-19-12(21)22-7)8-4-9(13(14,15)16)10(17-5-8)6-20(2)3/h4-5,7H,6H2,1-3H3,(H,19,21). The molecule has 1 aromatic heterocycles. The molecule has 1 unspecified atom stereocenters. The molecule has 2 rings (SSSR count). The third-order valence-corrected chi connectivity index (χ3v) is 2.97. The van der Waals surface area contributed by atoms with Crippen LogP contribution in [0.3, 0.4) is 0 Å². The Morgan fingerprint density at radius 2 is 2.09 bits per heavy atom. The van der Waals surface area contributed by atoms with Crippen molar-refractivity contribution in [3.63, 3.8) is 0 Å². The molecule has 22 heavy (non-hydrogen) atoms. The Morgan fingerprint density at radius 3 is 2.64 bits per heavy atom. The summed E-state index contributed by atoms with van der Waals surface area (Å²) in [5.41, 5.74) is 1.52. The van der Waals surface area contributed by atoms with E-state index in [9.17, 15) is 18.0 Å². The Morgan fingerprint density at radius 1 is 1.41 bits per heavy atom. The van der Waals surface area contributed by atoms with Gasteiger partial charge in [-0.1, -0.05) is 0 Å². The number of aromatic nitrogens is 1. The maximum absolute atomic E-state index is 13.2. The normalized spacial score (nSPS) is 18.8. The van der Waals surface area contributed by atoms with Gasteiger partial charge in [0.1, 0.15) is 11.8 Å². The largest absolute Gasteiger partial charge is 0.439 e. The molecule has 9 heteroatoms. The quantitative estimate of drug-likeness (QED) is 0.926. The second-order valence-corrected chi connectivity index (χ2v) is 5.11. The van der Waals surface area contributed by atoms with Gasteiger partial charge in [0.25, 0.3) is 0 Å². The topological polar surface area (TPSA) is 66.8 Å². The molecular weight excluding hydrogens is 301 g/mol. The Labute approximate surface area is 125 Å². The maximum Gasteiger partial charge on any atom is 0.428 e. The highest BCUT2D eigenvalue weighted by Crippen LogP contribution is 2.32. The first-order chi connectivity index (χ1) is 10.2. The molecule has 0 radical (unpaired) electrons. The number of cyclic esters (lactones) is 1. The zero-order valence-electron chi connectivity index (χ0n) is 12.2. The van der Waals surface area contributed by atoms with Gasteiger partial charge in [0.05, 0.1) is 11.3 Å². The number of nitrogens with one attached hydrogen (secondary N) is 1. The molecule has 0 saturated carbocycles. The summed E-state index contributed by atoms with van der Waals surface area (Å²) in [6.07, 6.45) is -4.73. The molecule has 0 spiro atoms. The Balaban J connectivity index is 2.45. The molecule has 0 aromatic carbocycles. The Kier molecular flexibility index (Phi) is 4.36. The number of pyridine rings is 1. The van der Waals surface area contributed by atoms with E-state index in [1.54, 1.807) is 19.0 Å². The summed E-state index contributed by atoms with van der Waals surface area (Å²) in [5.74, 6) is 0. The molecule has 0 bridgehead atoms. The molecule has 0 saturated heterocycles. The second kappa shape index (κ2) is 5.91. The number of alkyl halides is 3. The van der Waals surface area contributed by atoms with E-state index in [0.29, 0.717) is 0 Å². The van der Waals surface area contributed by atoms with Gasteiger partial charge in [-0.3, -0.25) is 4.98 Å². The zero-order chi connectivity index (χ0) is 16.5. The molecule has 120 valence electrons. The van der Waals surface area contributed by atoms with Gasteiger partial charge in [-0.05, 0) is 27.1 Å². The van der Waals surface area contributed by atoms with Crippen molar-refractivity contribution in [1.82, 2.24) is 15.3 Å². The lowest BCUT2D eigenvalue weighted by Gasteiger charge is -2.21. The van der Waals surface area contributed by atoms with Gasteiger partial charge in [-0.2, -0.15) is 18.3 Å². The zero-order valence-corrected chi connectivity index (χ0v) is 12.2. The van der Waals surface area contributed by atoms with Crippen LogP contribution in [0.1, 0.15) is 23.7 Å². The van der Waals surface area contributed by atoms with E-state index in [-0.39, 0.29) is 23.5 Å². The lowest BCUT2D eigenvalue weighted by Crippen LogP contribution is -2.37. The lowest BCUT2D eigenvalue weighted by atomic mass is 10.0. The van der Waals surface area contributed by atoms with Gasteiger partial charge in [0.2, 0.25) is 0 Å². The van der Waals surface area contributed by atoms with E-state index in [1.165, 1.54) is 13.1 Å². The van der Waals surface area contributed by atoms with Crippen molar-refractivity contribution < 1.29 is 22.7 Å². The average Bonchev–Trinajstić information content (AvgIpc) is 2.37. The number of halogens is 3. The first kappa shape index (κ1) is 16.2. The van der Waals surface area contributed by atoms with Crippen molar-refractivity contribution in [3.8, 4) is 0 Å². The number of nitrogens with zero attached hydrogens (tertiary/aromatic N) is 3. The molecule has 2 heterocycles. The summed E-state index contributed by atoms with van der Waals surface area (Å²) in [5, 5.41) is 3.75.